The fourth-order valence-corrected chi connectivity index (χ4v) is 9.01. The van der Waals surface area contributed by atoms with E-state index in [2.05, 4.69) is 185 Å². The highest BCUT2D eigenvalue weighted by Gasteiger charge is 2.47. The topological polar surface area (TPSA) is 9.72 Å². The van der Waals surface area contributed by atoms with Gasteiger partial charge < -0.3 is 14.6 Å². The summed E-state index contributed by atoms with van der Waals surface area (Å²) in [5.74, 6) is 0. The van der Waals surface area contributed by atoms with Gasteiger partial charge in [-0.3, -0.25) is 0 Å². The Bertz CT molecular complexity index is 2320. The molecule has 10 rings (SSSR count). The van der Waals surface area contributed by atoms with Gasteiger partial charge >= 0.3 is 6.85 Å². The number of para-hydroxylation sites is 5. The lowest BCUT2D eigenvalue weighted by Gasteiger charge is -2.48. The Morgan fingerprint density at radius 1 is 0.521 bits per heavy atom. The Labute approximate surface area is 285 Å². The van der Waals surface area contributed by atoms with Crippen molar-refractivity contribution in [3.8, 4) is 11.1 Å². The van der Waals surface area contributed by atoms with Crippen LogP contribution in [-0.2, 0) is 0 Å². The Hall–Kier alpha value is -5.65. The molecule has 48 heavy (non-hydrogen) atoms. The van der Waals surface area contributed by atoms with Gasteiger partial charge in [-0.25, -0.2) is 0 Å². The monoisotopic (exact) mass is 631 g/mol. The highest BCUT2D eigenvalue weighted by atomic mass is 32.2. The third-order valence-electron chi connectivity index (χ3n) is 9.80. The number of rotatable bonds is 4. The van der Waals surface area contributed by atoms with E-state index in [-0.39, 0.29) is 6.85 Å². The number of benzene rings is 7. The standard InChI is InChI=1S/C43H30BN3S/c1-29-26-35-34-20-13-23-41-43(34)47(38-21-11-12-22-40(38)48-41)44-36-28-33(45(30-14-5-2-6-15-30)31-16-7-3-8-17-31)24-25-37(36)46(39(27-29)42(35)44)32-18-9-4-10-19-32/h2-28H,1H3. The molecule has 7 aromatic rings. The number of hydrogen-bond acceptors (Lipinski definition) is 4. The smallest absolute Gasteiger partial charge is 0.333 e. The van der Waals surface area contributed by atoms with E-state index in [9.17, 15) is 0 Å². The van der Waals surface area contributed by atoms with E-state index in [1.807, 2.05) is 11.8 Å². The summed E-state index contributed by atoms with van der Waals surface area (Å²) in [6.07, 6.45) is 0. The summed E-state index contributed by atoms with van der Waals surface area (Å²) in [7, 11) is 0. The van der Waals surface area contributed by atoms with E-state index in [0.717, 1.165) is 22.7 Å². The van der Waals surface area contributed by atoms with Gasteiger partial charge in [-0.2, -0.15) is 0 Å². The first-order valence-electron chi connectivity index (χ1n) is 16.5. The van der Waals surface area contributed by atoms with Gasteiger partial charge in [0.05, 0.1) is 5.69 Å². The number of aryl methyl sites for hydroxylation is 1. The molecule has 226 valence electrons. The quantitative estimate of drug-likeness (QED) is 0.179. The van der Waals surface area contributed by atoms with Crippen molar-refractivity contribution >= 4 is 75.0 Å². The Kier molecular flexibility index (Phi) is 6.12. The maximum atomic E-state index is 2.64. The normalized spacial score (nSPS) is 13.3. The van der Waals surface area contributed by atoms with Gasteiger partial charge in [0.15, 0.2) is 0 Å². The first-order valence-corrected chi connectivity index (χ1v) is 17.3. The minimum atomic E-state index is -0.0189. The van der Waals surface area contributed by atoms with Gasteiger partial charge in [-0.1, -0.05) is 96.7 Å². The van der Waals surface area contributed by atoms with Crippen LogP contribution in [-0.4, -0.2) is 6.85 Å². The molecule has 0 spiro atoms. The third kappa shape index (κ3) is 4.04. The molecule has 0 aromatic heterocycles. The Morgan fingerprint density at radius 2 is 1.19 bits per heavy atom. The lowest BCUT2D eigenvalue weighted by molar-refractivity contribution is 1.20. The molecule has 3 aliphatic rings. The summed E-state index contributed by atoms with van der Waals surface area (Å²) in [4.78, 5) is 10.1. The summed E-state index contributed by atoms with van der Waals surface area (Å²) < 4.78 is 0. The molecule has 0 atom stereocenters. The van der Waals surface area contributed by atoms with Gasteiger partial charge in [0.1, 0.15) is 0 Å². The highest BCUT2D eigenvalue weighted by molar-refractivity contribution is 7.99. The van der Waals surface area contributed by atoms with Crippen LogP contribution in [0, 0.1) is 6.92 Å². The number of hydrogen-bond donors (Lipinski definition) is 0. The first-order chi connectivity index (χ1) is 23.7. The molecule has 0 radical (unpaired) electrons. The molecule has 0 amide bonds. The fraction of sp³-hybridized carbons (Fsp3) is 0.0233. The predicted molar refractivity (Wildman–Crippen MR) is 204 cm³/mol. The molecule has 0 bridgehead atoms. The van der Waals surface area contributed by atoms with Crippen LogP contribution < -0.4 is 25.5 Å². The number of fused-ring (bicyclic) bond motifs is 6. The Morgan fingerprint density at radius 3 is 1.94 bits per heavy atom. The summed E-state index contributed by atoms with van der Waals surface area (Å²) in [5.41, 5.74) is 16.1. The van der Waals surface area contributed by atoms with Crippen molar-refractivity contribution in [1.29, 1.82) is 0 Å². The van der Waals surface area contributed by atoms with Crippen LogP contribution in [0.3, 0.4) is 0 Å². The minimum Gasteiger partial charge on any atom is -0.374 e. The second-order valence-corrected chi connectivity index (χ2v) is 13.7. The van der Waals surface area contributed by atoms with Gasteiger partial charge in [-0.15, -0.1) is 0 Å². The molecule has 0 aliphatic carbocycles. The van der Waals surface area contributed by atoms with E-state index in [4.69, 9.17) is 0 Å². The van der Waals surface area contributed by atoms with Crippen molar-refractivity contribution in [2.24, 2.45) is 0 Å². The van der Waals surface area contributed by atoms with E-state index in [0.29, 0.717) is 0 Å². The summed E-state index contributed by atoms with van der Waals surface area (Å²) in [5, 5.41) is 0. The van der Waals surface area contributed by atoms with Crippen LogP contribution in [0.2, 0.25) is 0 Å². The van der Waals surface area contributed by atoms with Crippen molar-refractivity contribution < 1.29 is 0 Å². The summed E-state index contributed by atoms with van der Waals surface area (Å²) >= 11 is 1.88. The second-order valence-electron chi connectivity index (χ2n) is 12.7. The van der Waals surface area contributed by atoms with Crippen molar-refractivity contribution in [3.63, 3.8) is 0 Å². The predicted octanol–water partition coefficient (Wildman–Crippen LogP) is 10.6. The van der Waals surface area contributed by atoms with Gasteiger partial charge in [0.25, 0.3) is 0 Å². The molecule has 0 saturated carbocycles. The lowest BCUT2D eigenvalue weighted by atomic mass is 9.43. The largest absolute Gasteiger partial charge is 0.374 e. The van der Waals surface area contributed by atoms with Gasteiger partial charge in [-0.05, 0) is 108 Å². The van der Waals surface area contributed by atoms with Crippen molar-refractivity contribution in [1.82, 2.24) is 0 Å². The zero-order chi connectivity index (χ0) is 31.8. The van der Waals surface area contributed by atoms with E-state index in [1.165, 1.54) is 60.2 Å². The average Bonchev–Trinajstić information content (AvgIpc) is 3.14. The Balaban J connectivity index is 1.30. The molecule has 3 aliphatic heterocycles. The van der Waals surface area contributed by atoms with Crippen molar-refractivity contribution in [2.75, 3.05) is 14.6 Å². The maximum absolute atomic E-state index is 2.64. The number of anilines is 8. The molecule has 0 saturated heterocycles. The van der Waals surface area contributed by atoms with Crippen LogP contribution in [0.25, 0.3) is 11.1 Å². The van der Waals surface area contributed by atoms with E-state index < -0.39 is 0 Å². The summed E-state index contributed by atoms with van der Waals surface area (Å²) in [6, 6.07) is 59.9. The van der Waals surface area contributed by atoms with Crippen LogP contribution in [0.1, 0.15) is 5.56 Å². The molecule has 3 nitrogen and oxygen atoms in total. The maximum Gasteiger partial charge on any atom is 0.333 e. The molecule has 0 fully saturated rings. The van der Waals surface area contributed by atoms with Crippen LogP contribution in [0.5, 0.6) is 0 Å². The lowest BCUT2D eigenvalue weighted by Crippen LogP contribution is -2.62. The molecule has 0 unspecified atom stereocenters. The van der Waals surface area contributed by atoms with Gasteiger partial charge in [0.2, 0.25) is 0 Å². The average molecular weight is 632 g/mol. The molecule has 7 aromatic carbocycles. The third-order valence-corrected chi connectivity index (χ3v) is 10.9. The zero-order valence-electron chi connectivity index (χ0n) is 26.4. The molecule has 3 heterocycles. The minimum absolute atomic E-state index is 0.0189. The highest BCUT2D eigenvalue weighted by Crippen LogP contribution is 2.55. The molecular formula is C43H30BN3S. The van der Waals surface area contributed by atoms with Crippen LogP contribution in [0.4, 0.5) is 45.5 Å². The van der Waals surface area contributed by atoms with Crippen LogP contribution in [0.15, 0.2) is 174 Å². The van der Waals surface area contributed by atoms with Crippen molar-refractivity contribution in [2.45, 2.75) is 16.7 Å². The molecule has 5 heteroatoms. The first kappa shape index (κ1) is 27.5. The van der Waals surface area contributed by atoms with Crippen LogP contribution >= 0.6 is 11.8 Å². The van der Waals surface area contributed by atoms with E-state index in [1.54, 1.807) is 0 Å². The second kappa shape index (κ2) is 10.7. The van der Waals surface area contributed by atoms with Crippen molar-refractivity contribution in [3.05, 3.63) is 169 Å². The fourth-order valence-electron chi connectivity index (χ4n) is 7.91. The van der Waals surface area contributed by atoms with Gasteiger partial charge in [0, 0.05) is 55.2 Å². The number of nitrogens with zero attached hydrogens (tertiary/aromatic N) is 3. The summed E-state index contributed by atoms with van der Waals surface area (Å²) in [6.45, 7) is 2.21. The molecule has 0 N–H and O–H groups in total. The SMILES string of the molecule is Cc1cc2c3c(c1)N(c1ccccc1)c1ccc(N(c4ccccc4)c4ccccc4)cc1B3N1c3ccccc3Sc3cccc-2c31. The zero-order valence-corrected chi connectivity index (χ0v) is 27.2. The van der Waals surface area contributed by atoms with E-state index >= 15 is 0 Å². The molecular weight excluding hydrogens is 601 g/mol.